The monoisotopic (exact) mass is 244 g/mol. The highest BCUT2D eigenvalue weighted by molar-refractivity contribution is 7.51. The van der Waals surface area contributed by atoms with Crippen molar-refractivity contribution in [3.05, 3.63) is 0 Å². The Morgan fingerprint density at radius 1 is 1.07 bits per heavy atom. The molecule has 0 heterocycles. The summed E-state index contributed by atoms with van der Waals surface area (Å²) in [5.41, 5.74) is 0. The first kappa shape index (κ1) is 14.4. The minimum Gasteiger partial charge on any atom is -0.324 e. The van der Waals surface area contributed by atoms with Gasteiger partial charge in [-0.2, -0.15) is 0 Å². The van der Waals surface area contributed by atoms with Gasteiger partial charge in [-0.05, 0) is 13.0 Å². The summed E-state index contributed by atoms with van der Waals surface area (Å²) in [5.74, 6) is 0.595. The quantitative estimate of drug-likeness (QED) is 0.260. The molecule has 5 nitrogen and oxygen atoms in total. The van der Waals surface area contributed by atoms with Crippen LogP contribution in [0.1, 0.15) is 6.42 Å². The summed E-state index contributed by atoms with van der Waals surface area (Å²) in [5, 5.41) is 6.16. The Labute approximate surface area is 89.4 Å². The topological polar surface area (TPSA) is 81.6 Å². The van der Waals surface area contributed by atoms with Gasteiger partial charge in [0.2, 0.25) is 0 Å². The van der Waals surface area contributed by atoms with E-state index < -0.39 is 7.60 Å². The summed E-state index contributed by atoms with van der Waals surface area (Å²) in [7, 11) is -3.81. The molecule has 0 aliphatic rings. The number of alkyl halides is 1. The molecule has 0 saturated heterocycles. The van der Waals surface area contributed by atoms with Crippen molar-refractivity contribution in [2.45, 2.75) is 6.42 Å². The SMILES string of the molecule is O=P(O)(O)CCCNCCNCCCl. The van der Waals surface area contributed by atoms with Crippen LogP contribution in [0.25, 0.3) is 0 Å². The summed E-state index contributed by atoms with van der Waals surface area (Å²) in [4.78, 5) is 17.1. The van der Waals surface area contributed by atoms with Gasteiger partial charge in [-0.15, -0.1) is 11.6 Å². The van der Waals surface area contributed by atoms with E-state index in [0.717, 1.165) is 19.6 Å². The number of hydrogen-bond donors (Lipinski definition) is 4. The molecular weight excluding hydrogens is 227 g/mol. The summed E-state index contributed by atoms with van der Waals surface area (Å²) < 4.78 is 10.4. The van der Waals surface area contributed by atoms with Crippen molar-refractivity contribution >= 4 is 19.2 Å². The Bertz CT molecular complexity index is 176. The lowest BCUT2D eigenvalue weighted by Crippen LogP contribution is -2.29. The van der Waals surface area contributed by atoms with Crippen molar-refractivity contribution < 1.29 is 14.4 Å². The van der Waals surface area contributed by atoms with E-state index in [2.05, 4.69) is 10.6 Å². The van der Waals surface area contributed by atoms with E-state index >= 15 is 0 Å². The highest BCUT2D eigenvalue weighted by atomic mass is 35.5. The number of halogens is 1. The summed E-state index contributed by atoms with van der Waals surface area (Å²) in [6, 6.07) is 0. The fourth-order valence-corrected chi connectivity index (χ4v) is 1.61. The van der Waals surface area contributed by atoms with Crippen LogP contribution in [0.15, 0.2) is 0 Å². The van der Waals surface area contributed by atoms with Crippen LogP contribution >= 0.6 is 19.2 Å². The largest absolute Gasteiger partial charge is 0.325 e. The molecule has 14 heavy (non-hydrogen) atoms. The van der Waals surface area contributed by atoms with Gasteiger partial charge in [-0.3, -0.25) is 4.57 Å². The van der Waals surface area contributed by atoms with E-state index in [9.17, 15) is 4.57 Å². The second-order valence-corrected chi connectivity index (χ2v) is 5.09. The van der Waals surface area contributed by atoms with Crippen LogP contribution < -0.4 is 10.6 Å². The average molecular weight is 245 g/mol. The lowest BCUT2D eigenvalue weighted by Gasteiger charge is -2.06. The molecule has 0 atom stereocenters. The van der Waals surface area contributed by atoms with Crippen molar-refractivity contribution in [2.24, 2.45) is 0 Å². The maximum atomic E-state index is 10.4. The van der Waals surface area contributed by atoms with Crippen molar-refractivity contribution in [1.29, 1.82) is 0 Å². The van der Waals surface area contributed by atoms with Crippen LogP contribution in [0.5, 0.6) is 0 Å². The average Bonchev–Trinajstić information content (AvgIpc) is 2.08. The zero-order chi connectivity index (χ0) is 10.9. The molecule has 0 saturated carbocycles. The lowest BCUT2D eigenvalue weighted by atomic mass is 10.4. The van der Waals surface area contributed by atoms with Crippen LogP contribution in [-0.2, 0) is 4.57 Å². The Kier molecular flexibility index (Phi) is 8.87. The van der Waals surface area contributed by atoms with E-state index in [4.69, 9.17) is 21.4 Å². The molecule has 0 aromatic carbocycles. The summed E-state index contributed by atoms with van der Waals surface area (Å²) in [6.07, 6.45) is 0.453. The molecule has 0 aromatic heterocycles. The Hall–Kier alpha value is 0.360. The van der Waals surface area contributed by atoms with E-state index in [0.29, 0.717) is 18.8 Å². The molecule has 0 aliphatic carbocycles. The molecule has 0 amide bonds. The summed E-state index contributed by atoms with van der Waals surface area (Å²) >= 11 is 5.44. The highest BCUT2D eigenvalue weighted by Crippen LogP contribution is 2.34. The lowest BCUT2D eigenvalue weighted by molar-refractivity contribution is 0.371. The first-order valence-corrected chi connectivity index (χ1v) is 6.91. The van der Waals surface area contributed by atoms with E-state index in [1.54, 1.807) is 0 Å². The van der Waals surface area contributed by atoms with Crippen LogP contribution in [0, 0.1) is 0 Å². The number of rotatable bonds is 9. The minimum absolute atomic E-state index is 0.0465. The molecule has 0 fully saturated rings. The van der Waals surface area contributed by atoms with Crippen LogP contribution in [0.4, 0.5) is 0 Å². The molecule has 0 radical (unpaired) electrons. The highest BCUT2D eigenvalue weighted by Gasteiger charge is 2.10. The minimum atomic E-state index is -3.81. The van der Waals surface area contributed by atoms with E-state index in [1.165, 1.54) is 0 Å². The van der Waals surface area contributed by atoms with Gasteiger partial charge in [0, 0.05) is 25.5 Å². The zero-order valence-electron chi connectivity index (χ0n) is 8.08. The number of nitrogens with one attached hydrogen (secondary N) is 2. The van der Waals surface area contributed by atoms with Crippen molar-refractivity contribution in [1.82, 2.24) is 10.6 Å². The maximum absolute atomic E-state index is 10.4. The standard InChI is InChI=1S/C7H18ClN2O3P/c8-2-4-10-6-5-9-3-1-7-14(11,12)13/h9-10H,1-7H2,(H2,11,12,13). The fourth-order valence-electron chi connectivity index (χ4n) is 0.904. The Morgan fingerprint density at radius 3 is 2.14 bits per heavy atom. The fraction of sp³-hybridized carbons (Fsp3) is 1.00. The van der Waals surface area contributed by atoms with Gasteiger partial charge in [0.1, 0.15) is 0 Å². The molecule has 0 aliphatic heterocycles. The third-order valence-corrected chi connectivity index (χ3v) is 2.64. The third kappa shape index (κ3) is 12.4. The van der Waals surface area contributed by atoms with E-state index in [1.807, 2.05) is 0 Å². The van der Waals surface area contributed by atoms with Gasteiger partial charge in [-0.1, -0.05) is 0 Å². The molecule has 0 rings (SSSR count). The van der Waals surface area contributed by atoms with Crippen LogP contribution in [0.3, 0.4) is 0 Å². The van der Waals surface area contributed by atoms with Gasteiger partial charge in [-0.25, -0.2) is 0 Å². The second-order valence-electron chi connectivity index (χ2n) is 2.93. The molecule has 0 unspecified atom stereocenters. The van der Waals surface area contributed by atoms with Gasteiger partial charge >= 0.3 is 7.60 Å². The van der Waals surface area contributed by atoms with E-state index in [-0.39, 0.29) is 6.16 Å². The third-order valence-electron chi connectivity index (χ3n) is 1.55. The van der Waals surface area contributed by atoms with Gasteiger partial charge in [0.05, 0.1) is 6.16 Å². The maximum Gasteiger partial charge on any atom is 0.325 e. The Morgan fingerprint density at radius 2 is 1.64 bits per heavy atom. The molecule has 0 bridgehead atoms. The predicted molar refractivity (Wildman–Crippen MR) is 58.0 cm³/mol. The second kappa shape index (κ2) is 8.65. The molecule has 86 valence electrons. The number of hydrogen-bond acceptors (Lipinski definition) is 3. The molecule has 0 spiro atoms. The first-order chi connectivity index (χ1) is 6.56. The normalized spacial score (nSPS) is 11.9. The first-order valence-electron chi connectivity index (χ1n) is 4.58. The molecule has 0 aromatic rings. The predicted octanol–water partition coefficient (Wildman–Crippen LogP) is -0.0278. The smallest absolute Gasteiger partial charge is 0.324 e. The molecular formula is C7H18ClN2O3P. The van der Waals surface area contributed by atoms with Crippen molar-refractivity contribution in [2.75, 3.05) is 38.2 Å². The van der Waals surface area contributed by atoms with Gasteiger partial charge in [0.15, 0.2) is 0 Å². The van der Waals surface area contributed by atoms with Gasteiger partial charge in [0.25, 0.3) is 0 Å². The van der Waals surface area contributed by atoms with Crippen molar-refractivity contribution in [3.8, 4) is 0 Å². The van der Waals surface area contributed by atoms with Crippen molar-refractivity contribution in [3.63, 3.8) is 0 Å². The molecule has 7 heteroatoms. The summed E-state index contributed by atoms with van der Waals surface area (Å²) in [6.45, 7) is 3.03. The van der Waals surface area contributed by atoms with Gasteiger partial charge < -0.3 is 20.4 Å². The molecule has 4 N–H and O–H groups in total. The van der Waals surface area contributed by atoms with Crippen LogP contribution in [0.2, 0.25) is 0 Å². The Balaban J connectivity index is 3.03. The zero-order valence-corrected chi connectivity index (χ0v) is 9.73. The van der Waals surface area contributed by atoms with Crippen LogP contribution in [-0.4, -0.2) is 48.0 Å².